The number of carbonyl (C=O) groups is 1. The van der Waals surface area contributed by atoms with Crippen LogP contribution in [0, 0.1) is 0 Å². The molecule has 0 aromatic rings. The SMILES string of the molecule is C=C(C)C(=O)N1CC1CCN1CC1. The quantitative estimate of drug-likeness (QED) is 0.464. The van der Waals surface area contributed by atoms with Crippen molar-refractivity contribution in [2.45, 2.75) is 19.4 Å². The van der Waals surface area contributed by atoms with Crippen LogP contribution in [0.25, 0.3) is 0 Å². The van der Waals surface area contributed by atoms with Crippen molar-refractivity contribution in [3.8, 4) is 0 Å². The smallest absolute Gasteiger partial charge is 0.249 e. The Morgan fingerprint density at radius 1 is 1.54 bits per heavy atom. The lowest BCUT2D eigenvalue weighted by molar-refractivity contribution is -0.122. The Kier molecular flexibility index (Phi) is 2.12. The summed E-state index contributed by atoms with van der Waals surface area (Å²) in [5.41, 5.74) is 0.661. The Bertz CT molecular complexity index is 245. The van der Waals surface area contributed by atoms with E-state index in [9.17, 15) is 4.79 Å². The van der Waals surface area contributed by atoms with Crippen molar-refractivity contribution in [1.29, 1.82) is 0 Å². The molecule has 2 fully saturated rings. The number of amides is 1. The Hall–Kier alpha value is -0.830. The molecule has 0 radical (unpaired) electrons. The lowest BCUT2D eigenvalue weighted by Gasteiger charge is -2.03. The highest BCUT2D eigenvalue weighted by molar-refractivity contribution is 5.94. The van der Waals surface area contributed by atoms with Crippen LogP contribution in [-0.2, 0) is 4.79 Å². The molecule has 1 amide bonds. The second-order valence-electron chi connectivity index (χ2n) is 4.02. The molecular weight excluding hydrogens is 164 g/mol. The molecule has 0 aromatic heterocycles. The van der Waals surface area contributed by atoms with E-state index >= 15 is 0 Å². The molecule has 3 heteroatoms. The highest BCUT2D eigenvalue weighted by Gasteiger charge is 2.38. The molecule has 0 bridgehead atoms. The molecule has 2 aliphatic heterocycles. The van der Waals surface area contributed by atoms with Crippen LogP contribution < -0.4 is 0 Å². The Balaban J connectivity index is 1.68. The maximum Gasteiger partial charge on any atom is 0.249 e. The van der Waals surface area contributed by atoms with Gasteiger partial charge in [-0.15, -0.1) is 0 Å². The fourth-order valence-corrected chi connectivity index (χ4v) is 1.55. The molecule has 0 aliphatic carbocycles. The van der Waals surface area contributed by atoms with Crippen molar-refractivity contribution in [1.82, 2.24) is 9.80 Å². The zero-order valence-corrected chi connectivity index (χ0v) is 8.12. The Morgan fingerprint density at radius 2 is 2.23 bits per heavy atom. The summed E-state index contributed by atoms with van der Waals surface area (Å²) in [7, 11) is 0. The number of rotatable bonds is 4. The summed E-state index contributed by atoms with van der Waals surface area (Å²) in [6, 6.07) is 0.504. The van der Waals surface area contributed by atoms with Gasteiger partial charge in [-0.05, 0) is 13.3 Å². The number of hydrogen-bond acceptors (Lipinski definition) is 2. The zero-order chi connectivity index (χ0) is 9.42. The van der Waals surface area contributed by atoms with Crippen molar-refractivity contribution < 1.29 is 4.79 Å². The molecule has 2 aliphatic rings. The first kappa shape index (κ1) is 8.75. The lowest BCUT2D eigenvalue weighted by Crippen LogP contribution is -2.15. The van der Waals surface area contributed by atoms with Gasteiger partial charge in [0.15, 0.2) is 0 Å². The van der Waals surface area contributed by atoms with Gasteiger partial charge in [0.25, 0.3) is 0 Å². The summed E-state index contributed by atoms with van der Waals surface area (Å²) in [6.45, 7) is 10.0. The minimum Gasteiger partial charge on any atom is -0.332 e. The second kappa shape index (κ2) is 3.14. The molecule has 3 nitrogen and oxygen atoms in total. The molecule has 2 saturated heterocycles. The minimum absolute atomic E-state index is 0.135. The van der Waals surface area contributed by atoms with Crippen LogP contribution in [0.4, 0.5) is 0 Å². The van der Waals surface area contributed by atoms with E-state index in [-0.39, 0.29) is 5.91 Å². The molecule has 13 heavy (non-hydrogen) atoms. The van der Waals surface area contributed by atoms with E-state index in [1.807, 2.05) is 4.90 Å². The van der Waals surface area contributed by atoms with E-state index < -0.39 is 0 Å². The van der Waals surface area contributed by atoms with E-state index in [1.54, 1.807) is 6.92 Å². The van der Waals surface area contributed by atoms with Gasteiger partial charge in [0, 0.05) is 31.8 Å². The number of hydrogen-bond donors (Lipinski definition) is 0. The van der Waals surface area contributed by atoms with Crippen molar-refractivity contribution in [2.75, 3.05) is 26.2 Å². The summed E-state index contributed by atoms with van der Waals surface area (Å²) in [6.07, 6.45) is 1.14. The van der Waals surface area contributed by atoms with Gasteiger partial charge in [0.1, 0.15) is 0 Å². The summed E-state index contributed by atoms with van der Waals surface area (Å²) in [5, 5.41) is 0. The standard InChI is InChI=1S/C10H16N2O/c1-8(2)10(13)12-7-9(12)3-4-11-5-6-11/h9H,1,3-7H2,2H3. The molecule has 0 saturated carbocycles. The molecule has 0 aromatic carbocycles. The monoisotopic (exact) mass is 180 g/mol. The van der Waals surface area contributed by atoms with Crippen LogP contribution in [0.15, 0.2) is 12.2 Å². The van der Waals surface area contributed by atoms with Gasteiger partial charge in [-0.2, -0.15) is 0 Å². The molecule has 1 atom stereocenters. The van der Waals surface area contributed by atoms with Gasteiger partial charge in [-0.25, -0.2) is 0 Å². The van der Waals surface area contributed by atoms with Crippen molar-refractivity contribution in [3.05, 3.63) is 12.2 Å². The fraction of sp³-hybridized carbons (Fsp3) is 0.700. The number of nitrogens with zero attached hydrogens (tertiary/aromatic N) is 2. The molecule has 72 valence electrons. The second-order valence-corrected chi connectivity index (χ2v) is 4.02. The van der Waals surface area contributed by atoms with Gasteiger partial charge in [0.2, 0.25) is 5.91 Å². The maximum absolute atomic E-state index is 11.4. The third kappa shape index (κ3) is 2.10. The van der Waals surface area contributed by atoms with Crippen LogP contribution >= 0.6 is 0 Å². The zero-order valence-electron chi connectivity index (χ0n) is 8.12. The van der Waals surface area contributed by atoms with Crippen molar-refractivity contribution in [3.63, 3.8) is 0 Å². The predicted octanol–water partition coefficient (Wildman–Crippen LogP) is 0.479. The van der Waals surface area contributed by atoms with Crippen LogP contribution in [0.2, 0.25) is 0 Å². The van der Waals surface area contributed by atoms with E-state index in [2.05, 4.69) is 11.5 Å². The average molecular weight is 180 g/mol. The van der Waals surface area contributed by atoms with Crippen LogP contribution in [-0.4, -0.2) is 47.9 Å². The fourth-order valence-electron chi connectivity index (χ4n) is 1.55. The molecule has 0 N–H and O–H groups in total. The first-order valence-corrected chi connectivity index (χ1v) is 4.87. The van der Waals surface area contributed by atoms with Gasteiger partial charge >= 0.3 is 0 Å². The highest BCUT2D eigenvalue weighted by Crippen LogP contribution is 2.24. The molecule has 1 unspecified atom stereocenters. The molecular formula is C10H16N2O. The Labute approximate surface area is 79.0 Å². The lowest BCUT2D eigenvalue weighted by atomic mass is 10.3. The third-order valence-corrected chi connectivity index (χ3v) is 2.66. The Morgan fingerprint density at radius 3 is 2.77 bits per heavy atom. The molecule has 0 spiro atoms. The van der Waals surface area contributed by atoms with Crippen LogP contribution in [0.5, 0.6) is 0 Å². The average Bonchev–Trinajstić information content (AvgIpc) is 2.95. The van der Waals surface area contributed by atoms with Gasteiger partial charge < -0.3 is 9.80 Å². The van der Waals surface area contributed by atoms with Gasteiger partial charge in [-0.3, -0.25) is 4.79 Å². The van der Waals surface area contributed by atoms with Crippen molar-refractivity contribution >= 4 is 5.91 Å². The number of carbonyl (C=O) groups excluding carboxylic acids is 1. The predicted molar refractivity (Wildman–Crippen MR) is 51.4 cm³/mol. The summed E-state index contributed by atoms with van der Waals surface area (Å²) in [4.78, 5) is 15.7. The van der Waals surface area contributed by atoms with Gasteiger partial charge in [-0.1, -0.05) is 6.58 Å². The topological polar surface area (TPSA) is 23.1 Å². The minimum atomic E-state index is 0.135. The van der Waals surface area contributed by atoms with Crippen LogP contribution in [0.1, 0.15) is 13.3 Å². The largest absolute Gasteiger partial charge is 0.332 e. The first-order valence-electron chi connectivity index (χ1n) is 4.87. The van der Waals surface area contributed by atoms with Crippen molar-refractivity contribution in [2.24, 2.45) is 0 Å². The third-order valence-electron chi connectivity index (χ3n) is 2.66. The summed E-state index contributed by atoms with van der Waals surface area (Å²) < 4.78 is 0. The van der Waals surface area contributed by atoms with E-state index in [4.69, 9.17) is 0 Å². The summed E-state index contributed by atoms with van der Waals surface area (Å²) >= 11 is 0. The highest BCUT2D eigenvalue weighted by atomic mass is 16.2. The molecule has 2 rings (SSSR count). The first-order chi connectivity index (χ1) is 6.18. The molecule has 2 heterocycles. The van der Waals surface area contributed by atoms with Crippen LogP contribution in [0.3, 0.4) is 0 Å². The normalized spacial score (nSPS) is 25.9. The van der Waals surface area contributed by atoms with E-state index in [1.165, 1.54) is 13.1 Å². The maximum atomic E-state index is 11.4. The van der Waals surface area contributed by atoms with E-state index in [0.29, 0.717) is 11.6 Å². The van der Waals surface area contributed by atoms with E-state index in [0.717, 1.165) is 19.5 Å². The van der Waals surface area contributed by atoms with Gasteiger partial charge in [0.05, 0.1) is 6.04 Å². The summed E-state index contributed by atoms with van der Waals surface area (Å²) in [5.74, 6) is 0.135.